The van der Waals surface area contributed by atoms with Crippen LogP contribution in [0.4, 0.5) is 0 Å². The van der Waals surface area contributed by atoms with E-state index >= 15 is 0 Å². The molecule has 0 saturated carbocycles. The van der Waals surface area contributed by atoms with Crippen LogP contribution in [0.2, 0.25) is 0 Å². The number of hydrogen-bond acceptors (Lipinski definition) is 1. The Hall–Kier alpha value is -0.0400. The van der Waals surface area contributed by atoms with Gasteiger partial charge in [-0.3, -0.25) is 0 Å². The smallest absolute Gasteiger partial charge is 0.0430 e. The summed E-state index contributed by atoms with van der Waals surface area (Å²) in [6.45, 7) is 7.40. The monoisotopic (exact) mass is 103 g/mol. The predicted molar refractivity (Wildman–Crippen MR) is 33.0 cm³/mol. The van der Waals surface area contributed by atoms with Crippen LogP contribution in [0.1, 0.15) is 26.7 Å². The second-order valence-corrected chi connectivity index (χ2v) is 1.08. The summed E-state index contributed by atoms with van der Waals surface area (Å²) in [6.07, 6.45) is 2.04. The molecule has 0 atom stereocenters. The van der Waals surface area contributed by atoms with Gasteiger partial charge >= 0.3 is 0 Å². The van der Waals surface area contributed by atoms with E-state index in [1.54, 1.807) is 6.92 Å². The Kier molecular flexibility index (Phi) is 24.0. The minimum atomic E-state index is 0.344. The van der Waals surface area contributed by atoms with Crippen LogP contribution in [0.5, 0.6) is 0 Å². The Morgan fingerprint density at radius 2 is 1.86 bits per heavy atom. The van der Waals surface area contributed by atoms with Crippen molar-refractivity contribution in [2.24, 2.45) is 0 Å². The van der Waals surface area contributed by atoms with E-state index in [0.717, 1.165) is 12.8 Å². The zero-order valence-electron chi connectivity index (χ0n) is 5.28. The molecular weight excluding hydrogens is 88.1 g/mol. The van der Waals surface area contributed by atoms with E-state index in [4.69, 9.17) is 5.11 Å². The molecular formula is C6H15O. The van der Waals surface area contributed by atoms with E-state index < -0.39 is 0 Å². The standard InChI is InChI=1S/C4H10O.C2H5/c1-2-3-4-5;1-2/h5H,2-4H2,1H3;1H2,2H3. The number of aliphatic hydroxyl groups is 1. The second-order valence-electron chi connectivity index (χ2n) is 1.08. The molecule has 1 nitrogen and oxygen atoms in total. The van der Waals surface area contributed by atoms with Crippen LogP contribution < -0.4 is 0 Å². The average molecular weight is 103 g/mol. The highest BCUT2D eigenvalue weighted by molar-refractivity contribution is 4.23. The van der Waals surface area contributed by atoms with Crippen LogP contribution >= 0.6 is 0 Å². The van der Waals surface area contributed by atoms with Gasteiger partial charge in [-0.05, 0) is 6.42 Å². The summed E-state index contributed by atoms with van der Waals surface area (Å²) in [5.74, 6) is 0. The van der Waals surface area contributed by atoms with Gasteiger partial charge in [0.1, 0.15) is 0 Å². The highest BCUT2D eigenvalue weighted by Crippen LogP contribution is 1.78. The minimum absolute atomic E-state index is 0.344. The maximum absolute atomic E-state index is 8.07. The molecule has 0 heterocycles. The van der Waals surface area contributed by atoms with Gasteiger partial charge in [0.15, 0.2) is 0 Å². The summed E-state index contributed by atoms with van der Waals surface area (Å²) in [5.41, 5.74) is 0. The fraction of sp³-hybridized carbons (Fsp3) is 0.833. The first-order valence-corrected chi connectivity index (χ1v) is 2.73. The van der Waals surface area contributed by atoms with Crippen LogP contribution in [0, 0.1) is 6.92 Å². The van der Waals surface area contributed by atoms with Gasteiger partial charge in [-0.15, -0.1) is 0 Å². The van der Waals surface area contributed by atoms with Gasteiger partial charge in [0.2, 0.25) is 0 Å². The molecule has 0 amide bonds. The van der Waals surface area contributed by atoms with Crippen molar-refractivity contribution in [2.45, 2.75) is 26.7 Å². The largest absolute Gasteiger partial charge is 0.396 e. The third-order valence-corrected chi connectivity index (χ3v) is 0.512. The molecule has 0 aliphatic rings. The highest BCUT2D eigenvalue weighted by Gasteiger charge is 1.69. The first-order chi connectivity index (χ1) is 3.41. The fourth-order valence-electron chi connectivity index (χ4n) is 0.158. The lowest BCUT2D eigenvalue weighted by Crippen LogP contribution is -1.75. The zero-order chi connectivity index (χ0) is 6.12. The van der Waals surface area contributed by atoms with Gasteiger partial charge < -0.3 is 5.11 Å². The third kappa shape index (κ3) is 24.3. The van der Waals surface area contributed by atoms with Gasteiger partial charge in [0.25, 0.3) is 0 Å². The summed E-state index contributed by atoms with van der Waals surface area (Å²) < 4.78 is 0. The molecule has 0 fully saturated rings. The molecule has 0 spiro atoms. The molecule has 0 aromatic heterocycles. The molecule has 0 saturated heterocycles. The molecule has 0 aliphatic carbocycles. The second kappa shape index (κ2) is 16.7. The zero-order valence-corrected chi connectivity index (χ0v) is 5.28. The number of rotatable bonds is 2. The van der Waals surface area contributed by atoms with Crippen LogP contribution in [-0.2, 0) is 0 Å². The number of unbranched alkanes of at least 4 members (excludes halogenated alkanes) is 1. The maximum atomic E-state index is 8.07. The molecule has 45 valence electrons. The van der Waals surface area contributed by atoms with Crippen LogP contribution in [-0.4, -0.2) is 11.7 Å². The Morgan fingerprint density at radius 3 is 1.86 bits per heavy atom. The molecule has 0 aromatic carbocycles. The Balaban J connectivity index is 0. The molecule has 0 rings (SSSR count). The molecule has 1 N–H and O–H groups in total. The summed E-state index contributed by atoms with van der Waals surface area (Å²) in [7, 11) is 0. The van der Waals surface area contributed by atoms with E-state index in [9.17, 15) is 0 Å². The van der Waals surface area contributed by atoms with Crippen LogP contribution in [0.3, 0.4) is 0 Å². The first-order valence-electron chi connectivity index (χ1n) is 2.73. The van der Waals surface area contributed by atoms with Crippen LogP contribution in [0.25, 0.3) is 0 Å². The quantitative estimate of drug-likeness (QED) is 0.563. The summed E-state index contributed by atoms with van der Waals surface area (Å²) >= 11 is 0. The van der Waals surface area contributed by atoms with Gasteiger partial charge in [-0.2, -0.15) is 0 Å². The van der Waals surface area contributed by atoms with Gasteiger partial charge in [-0.25, -0.2) is 0 Å². The molecule has 0 aliphatic heterocycles. The van der Waals surface area contributed by atoms with Crippen molar-refractivity contribution < 1.29 is 5.11 Å². The lowest BCUT2D eigenvalue weighted by atomic mass is 10.4. The van der Waals surface area contributed by atoms with Crippen molar-refractivity contribution in [3.63, 3.8) is 0 Å². The van der Waals surface area contributed by atoms with Crippen molar-refractivity contribution in [3.8, 4) is 0 Å². The normalized spacial score (nSPS) is 6.86. The molecule has 7 heavy (non-hydrogen) atoms. The summed E-state index contributed by atoms with van der Waals surface area (Å²) in [6, 6.07) is 0. The van der Waals surface area contributed by atoms with E-state index in [0.29, 0.717) is 6.61 Å². The number of hydrogen-bond donors (Lipinski definition) is 1. The first kappa shape index (κ1) is 10.0. The molecule has 0 unspecified atom stereocenters. The van der Waals surface area contributed by atoms with Crippen molar-refractivity contribution in [1.29, 1.82) is 0 Å². The van der Waals surface area contributed by atoms with E-state index in [2.05, 4.69) is 13.8 Å². The minimum Gasteiger partial charge on any atom is -0.396 e. The number of aliphatic hydroxyl groups excluding tert-OH is 1. The topological polar surface area (TPSA) is 20.2 Å². The average Bonchev–Trinajstić information content (AvgIpc) is 1.75. The highest BCUT2D eigenvalue weighted by atomic mass is 16.2. The Morgan fingerprint density at radius 1 is 1.43 bits per heavy atom. The molecule has 1 heteroatoms. The fourth-order valence-corrected chi connectivity index (χ4v) is 0.158. The van der Waals surface area contributed by atoms with E-state index in [-0.39, 0.29) is 0 Å². The van der Waals surface area contributed by atoms with Crippen molar-refractivity contribution in [1.82, 2.24) is 0 Å². The van der Waals surface area contributed by atoms with Gasteiger partial charge in [0.05, 0.1) is 0 Å². The molecule has 1 radical (unpaired) electrons. The van der Waals surface area contributed by atoms with Crippen molar-refractivity contribution in [2.75, 3.05) is 6.61 Å². The summed E-state index contributed by atoms with van der Waals surface area (Å²) in [5, 5.41) is 8.07. The van der Waals surface area contributed by atoms with E-state index in [1.165, 1.54) is 0 Å². The molecule has 0 aromatic rings. The van der Waals surface area contributed by atoms with Crippen molar-refractivity contribution in [3.05, 3.63) is 6.92 Å². The predicted octanol–water partition coefficient (Wildman–Crippen LogP) is 1.62. The molecule has 0 bridgehead atoms. The van der Waals surface area contributed by atoms with Crippen molar-refractivity contribution >= 4 is 0 Å². The lowest BCUT2D eigenvalue weighted by Gasteiger charge is -1.79. The Labute approximate surface area is 46.4 Å². The SMILES string of the molecule is CCCCO.[CH2]C. The summed E-state index contributed by atoms with van der Waals surface area (Å²) in [4.78, 5) is 0. The Bertz CT molecular complexity index is 11.7. The maximum Gasteiger partial charge on any atom is 0.0430 e. The third-order valence-electron chi connectivity index (χ3n) is 0.512. The van der Waals surface area contributed by atoms with Gasteiger partial charge in [0, 0.05) is 6.61 Å². The lowest BCUT2D eigenvalue weighted by molar-refractivity contribution is 0.287. The van der Waals surface area contributed by atoms with E-state index in [1.807, 2.05) is 0 Å². The van der Waals surface area contributed by atoms with Crippen LogP contribution in [0.15, 0.2) is 0 Å². The van der Waals surface area contributed by atoms with Gasteiger partial charge in [-0.1, -0.05) is 27.2 Å².